The molecule has 11 N–H and O–H groups in total. The Kier molecular flexibility index (Phi) is 19.4. The molecule has 0 saturated carbocycles. The third kappa shape index (κ3) is 13.3. The molecule has 11 atom stereocenters. The number of nitrogens with one attached hydrogen (secondary N) is 2. The van der Waals surface area contributed by atoms with E-state index in [1.165, 1.54) is 7.11 Å². The van der Waals surface area contributed by atoms with Crippen molar-refractivity contribution >= 4 is 21.6 Å². The van der Waals surface area contributed by atoms with E-state index in [0.717, 1.165) is 16.8 Å². The van der Waals surface area contributed by atoms with Crippen LogP contribution in [0.15, 0.2) is 21.9 Å². The Morgan fingerprint density at radius 3 is 2.26 bits per heavy atom. The Hall–Kier alpha value is 0.0500. The van der Waals surface area contributed by atoms with Crippen LogP contribution < -0.4 is 75.7 Å². The van der Waals surface area contributed by atoms with Crippen LogP contribution in [-0.4, -0.2) is 140 Å². The number of aromatic nitrogens is 2. The molecule has 1 amide bonds. The summed E-state index contributed by atoms with van der Waals surface area (Å²) in [5.41, 5.74) is -1.73. The topological polar surface area (TPSA) is 330 Å². The first-order valence-electron chi connectivity index (χ1n) is 13.2. The molecule has 2 saturated heterocycles. The first kappa shape index (κ1) is 45.1. The van der Waals surface area contributed by atoms with Crippen LogP contribution in [0.3, 0.4) is 0 Å². The number of carbonyl (C=O) groups is 1. The zero-order chi connectivity index (χ0) is 33.5. The smallest absolute Gasteiger partial charge is 0.388 e. The number of hydrogen-bond acceptors (Lipinski definition) is 17. The minimum absolute atomic E-state index is 0. The van der Waals surface area contributed by atoms with Gasteiger partial charge in [-0.15, -0.1) is 0 Å². The summed E-state index contributed by atoms with van der Waals surface area (Å²) < 4.78 is 60.3. The van der Waals surface area contributed by atoms with Gasteiger partial charge in [-0.2, -0.15) is 9.13 Å². The van der Waals surface area contributed by atoms with Crippen LogP contribution >= 0.6 is 15.6 Å². The van der Waals surface area contributed by atoms with E-state index in [2.05, 4.69) is 9.63 Å². The predicted octanol–water partition coefficient (Wildman–Crippen LogP) is -11.1. The number of H-pyrrole nitrogens is 1. The van der Waals surface area contributed by atoms with E-state index in [-0.39, 0.29) is 78.7 Å². The molecule has 2 fully saturated rings. The third-order valence-corrected chi connectivity index (χ3v) is 9.10. The maximum absolute atomic E-state index is 12.6. The largest absolute Gasteiger partial charge is 1.00 e. The van der Waals surface area contributed by atoms with Crippen molar-refractivity contribution in [1.82, 2.24) is 14.9 Å². The fourth-order valence-corrected chi connectivity index (χ4v) is 6.37. The molecular formula is C21H37N3Na2O19P2+4. The first-order valence-corrected chi connectivity index (χ1v) is 16.2. The molecule has 258 valence electrons. The summed E-state index contributed by atoms with van der Waals surface area (Å²) in [6, 6.07) is 0.943. The van der Waals surface area contributed by atoms with Gasteiger partial charge in [-0.05, 0) is 0 Å². The number of carbonyl (C=O) groups excluding carboxylic acids is 1. The van der Waals surface area contributed by atoms with Crippen LogP contribution in [0.2, 0.25) is 0 Å². The van der Waals surface area contributed by atoms with Gasteiger partial charge < -0.3 is 59.6 Å². The summed E-state index contributed by atoms with van der Waals surface area (Å²) in [5.74, 6) is -0.538. The molecule has 0 aliphatic carbocycles. The predicted molar refractivity (Wildman–Crippen MR) is 145 cm³/mol. The van der Waals surface area contributed by atoms with E-state index in [9.17, 15) is 49.0 Å². The van der Waals surface area contributed by atoms with Crippen molar-refractivity contribution in [3.8, 4) is 0 Å². The maximum atomic E-state index is 12.6. The summed E-state index contributed by atoms with van der Waals surface area (Å²) in [5, 5.41) is 53.5. The third-order valence-electron chi connectivity index (χ3n) is 6.40. The van der Waals surface area contributed by atoms with Crippen molar-refractivity contribution < 1.29 is 141 Å². The quantitative estimate of drug-likeness (QED) is 0.0358. The average molecular weight is 743 g/mol. The number of aliphatic hydroxyl groups is 5. The van der Waals surface area contributed by atoms with Gasteiger partial charge in [0.2, 0.25) is 12.2 Å². The SMILES string of the molecule is COCCOCCC(=O)NCC1O[C@H](OP(=O)([OH2+])OP(=O)([OH2+])OCC2OC(n3ccc(=O)[nH]c3=O)[C@H](O)[C@@H]2O)C(O)[C@@H](O)[C@H]1O.[Na+].[Na+]. The Bertz CT molecular complexity index is 1350. The Balaban J connectivity index is 0.00000552. The number of aliphatic hydroxyl groups excluding tert-OH is 5. The van der Waals surface area contributed by atoms with Gasteiger partial charge in [0, 0.05) is 32.3 Å². The molecule has 2 aliphatic rings. The molecule has 6 unspecified atom stereocenters. The molecule has 0 spiro atoms. The normalized spacial score (nSPS) is 31.5. The van der Waals surface area contributed by atoms with Gasteiger partial charge in [0.25, 0.3) is 5.56 Å². The number of rotatable bonds is 16. The minimum Gasteiger partial charge on any atom is -0.388 e. The molecule has 26 heteroatoms. The zero-order valence-electron chi connectivity index (χ0n) is 25.6. The van der Waals surface area contributed by atoms with E-state index in [1.807, 2.05) is 4.98 Å². The Morgan fingerprint density at radius 2 is 1.62 bits per heavy atom. The fourth-order valence-electron chi connectivity index (χ4n) is 4.10. The van der Waals surface area contributed by atoms with E-state index >= 15 is 0 Å². The number of amides is 1. The Morgan fingerprint density at radius 1 is 0.957 bits per heavy atom. The van der Waals surface area contributed by atoms with E-state index in [4.69, 9.17) is 37.8 Å². The van der Waals surface area contributed by atoms with Gasteiger partial charge >= 0.3 is 80.4 Å². The Labute approximate surface area is 310 Å². The molecule has 1 aromatic rings. The molecule has 0 bridgehead atoms. The molecular weight excluding hydrogens is 706 g/mol. The molecule has 2 aliphatic heterocycles. The number of nitrogens with zero attached hydrogens (tertiary/aromatic N) is 1. The summed E-state index contributed by atoms with van der Waals surface area (Å²) in [6.07, 6.45) is -15.2. The number of ether oxygens (including phenoxy) is 4. The van der Waals surface area contributed by atoms with Crippen LogP contribution in [0.4, 0.5) is 0 Å². The van der Waals surface area contributed by atoms with E-state index < -0.39 is 101 Å². The molecule has 3 rings (SSSR count). The summed E-state index contributed by atoms with van der Waals surface area (Å²) in [7, 11) is -9.12. The molecule has 22 nitrogen and oxygen atoms in total. The van der Waals surface area contributed by atoms with Gasteiger partial charge in [-0.25, -0.2) is 13.8 Å². The van der Waals surface area contributed by atoms with Crippen molar-refractivity contribution in [2.75, 3.05) is 40.1 Å². The van der Waals surface area contributed by atoms with Crippen molar-refractivity contribution in [2.45, 2.75) is 61.7 Å². The minimum atomic E-state index is -5.36. The van der Waals surface area contributed by atoms with Crippen LogP contribution in [0.1, 0.15) is 12.6 Å². The number of methoxy groups -OCH3 is 1. The van der Waals surface area contributed by atoms with Crippen LogP contribution in [0.25, 0.3) is 0 Å². The van der Waals surface area contributed by atoms with Crippen LogP contribution in [0.5, 0.6) is 0 Å². The monoisotopic (exact) mass is 743 g/mol. The fraction of sp³-hybridized carbons (Fsp3) is 0.762. The standard InChI is InChI=1S/C21H35N3O19P2.2Na/c1-37-6-7-38-5-3-12(25)22-8-10-14(27)16(29)18(31)20(41-10)42-45(35,36)43-44(33,34)39-9-11-15(28)17(30)19(40-11)24-4-2-13(26)23-21(24)32;;/h2,4,10-11,14-20,27-31H,3,5-9H2,1H3,(H,22,25)(H,33,34)(H,35,36)(H,23,26,32);;/q;2*+1/p+2/t10?,11?,14-,15+,16-,17+,18?,19?,20+;;/m0../s1. The van der Waals surface area contributed by atoms with Crippen LogP contribution in [0, 0.1) is 0 Å². The zero-order valence-corrected chi connectivity index (χ0v) is 31.4. The first-order chi connectivity index (χ1) is 21.0. The van der Waals surface area contributed by atoms with Crippen molar-refractivity contribution in [3.63, 3.8) is 0 Å². The summed E-state index contributed by atoms with van der Waals surface area (Å²) >= 11 is 0. The molecule has 1 aromatic heterocycles. The molecule has 3 heterocycles. The second kappa shape index (κ2) is 20.2. The number of aromatic amines is 1. The van der Waals surface area contributed by atoms with Gasteiger partial charge in [-0.1, -0.05) is 4.31 Å². The summed E-state index contributed by atoms with van der Waals surface area (Å²) in [6.45, 7) is -0.772. The van der Waals surface area contributed by atoms with Gasteiger partial charge in [-0.3, -0.25) is 19.1 Å². The van der Waals surface area contributed by atoms with Crippen molar-refractivity contribution in [1.29, 1.82) is 0 Å². The maximum Gasteiger partial charge on any atom is 1.00 e. The van der Waals surface area contributed by atoms with E-state index in [0.29, 0.717) is 6.61 Å². The molecule has 0 aromatic carbocycles. The molecule has 0 radical (unpaired) electrons. The van der Waals surface area contributed by atoms with Gasteiger partial charge in [0.1, 0.15) is 42.7 Å². The molecule has 47 heavy (non-hydrogen) atoms. The average Bonchev–Trinajstić information content (AvgIpc) is 3.23. The van der Waals surface area contributed by atoms with E-state index in [1.54, 1.807) is 0 Å². The second-order valence-corrected chi connectivity index (χ2v) is 12.8. The second-order valence-electron chi connectivity index (χ2n) is 9.72. The number of hydrogen-bond donors (Lipinski definition) is 7. The van der Waals surface area contributed by atoms with Crippen molar-refractivity contribution in [2.24, 2.45) is 0 Å². The summed E-state index contributed by atoms with van der Waals surface area (Å²) in [4.78, 5) is 52.7. The van der Waals surface area contributed by atoms with Gasteiger partial charge in [0.05, 0.1) is 26.4 Å². The van der Waals surface area contributed by atoms with Gasteiger partial charge in [0.15, 0.2) is 6.23 Å². The van der Waals surface area contributed by atoms with Crippen LogP contribution in [-0.2, 0) is 46.2 Å². The van der Waals surface area contributed by atoms with Crippen molar-refractivity contribution in [3.05, 3.63) is 33.1 Å².